The number of carbonyl (C=O) groups excluding carboxylic acids is 2. The number of hydrogen-bond donors (Lipinski definition) is 1. The van der Waals surface area contributed by atoms with Crippen LogP contribution in [0.4, 0.5) is 0 Å². The number of carbonyl (C=O) groups is 2. The minimum absolute atomic E-state index is 0.108. The van der Waals surface area contributed by atoms with E-state index in [0.29, 0.717) is 18.5 Å². The van der Waals surface area contributed by atoms with E-state index in [4.69, 9.17) is 10.6 Å². The molecule has 1 heterocycles. The van der Waals surface area contributed by atoms with Gasteiger partial charge in [-0.25, -0.2) is 0 Å². The summed E-state index contributed by atoms with van der Waals surface area (Å²) in [5, 5.41) is 3.93. The molecule has 6 nitrogen and oxygen atoms in total. The highest BCUT2D eigenvalue weighted by atomic mass is 16.6. The van der Waals surface area contributed by atoms with Crippen molar-refractivity contribution in [2.75, 3.05) is 13.7 Å². The summed E-state index contributed by atoms with van der Waals surface area (Å²) >= 11 is 0. The molecule has 1 atom stereocenters. The van der Waals surface area contributed by atoms with Crippen molar-refractivity contribution < 1.29 is 14.4 Å². The Kier molecular flexibility index (Phi) is 5.31. The lowest BCUT2D eigenvalue weighted by Gasteiger charge is -2.23. The summed E-state index contributed by atoms with van der Waals surface area (Å²) < 4.78 is 0. The van der Waals surface area contributed by atoms with E-state index in [0.717, 1.165) is 16.8 Å². The summed E-state index contributed by atoms with van der Waals surface area (Å²) in [7, 11) is 1.46. The van der Waals surface area contributed by atoms with Gasteiger partial charge in [-0.1, -0.05) is 47.6 Å². The summed E-state index contributed by atoms with van der Waals surface area (Å²) in [5.74, 6) is -0.581. The molecular weight excluding hydrogens is 330 g/mol. The SMILES string of the molecule is CO/N=C1/C[C@@H](CC(N)=O)N(C(=O)c2ccc(-c3ccccc3)cc2)C1. The van der Waals surface area contributed by atoms with Gasteiger partial charge in [0, 0.05) is 24.4 Å². The van der Waals surface area contributed by atoms with Crippen molar-refractivity contribution >= 4 is 17.5 Å². The average molecular weight is 351 g/mol. The van der Waals surface area contributed by atoms with Crippen LogP contribution in [0.1, 0.15) is 23.2 Å². The number of amides is 2. The molecule has 2 aromatic rings. The fraction of sp³-hybridized carbons (Fsp3) is 0.250. The third kappa shape index (κ3) is 3.91. The largest absolute Gasteiger partial charge is 0.399 e. The first-order chi connectivity index (χ1) is 12.6. The lowest BCUT2D eigenvalue weighted by Crippen LogP contribution is -2.38. The number of rotatable bonds is 5. The van der Waals surface area contributed by atoms with Crippen LogP contribution in [-0.4, -0.2) is 42.1 Å². The minimum atomic E-state index is -0.439. The van der Waals surface area contributed by atoms with E-state index in [1.165, 1.54) is 7.11 Å². The molecule has 26 heavy (non-hydrogen) atoms. The molecule has 2 amide bonds. The molecule has 1 aliphatic heterocycles. The van der Waals surface area contributed by atoms with E-state index in [1.54, 1.807) is 17.0 Å². The average Bonchev–Trinajstić information content (AvgIpc) is 3.04. The molecule has 2 N–H and O–H groups in total. The highest BCUT2D eigenvalue weighted by molar-refractivity contribution is 6.01. The van der Waals surface area contributed by atoms with Gasteiger partial charge in [-0.2, -0.15) is 0 Å². The highest BCUT2D eigenvalue weighted by Gasteiger charge is 2.34. The standard InChI is InChI=1S/C20H21N3O3/c1-26-22-17-11-18(12-19(21)24)23(13-17)20(25)16-9-7-15(8-10-16)14-5-3-2-4-6-14/h2-10,18H,11-13H2,1H3,(H2,21,24)/b22-17-/t18-/m0/s1. The van der Waals surface area contributed by atoms with E-state index in [9.17, 15) is 9.59 Å². The van der Waals surface area contributed by atoms with Crippen LogP contribution in [0.2, 0.25) is 0 Å². The Labute approximate surface area is 152 Å². The summed E-state index contributed by atoms with van der Waals surface area (Å²) in [6.07, 6.45) is 0.598. The van der Waals surface area contributed by atoms with Crippen molar-refractivity contribution in [2.45, 2.75) is 18.9 Å². The number of hydrogen-bond acceptors (Lipinski definition) is 4. The zero-order valence-electron chi connectivity index (χ0n) is 14.6. The van der Waals surface area contributed by atoms with Gasteiger partial charge in [0.2, 0.25) is 5.91 Å². The minimum Gasteiger partial charge on any atom is -0.399 e. The molecule has 0 aliphatic carbocycles. The van der Waals surface area contributed by atoms with Gasteiger partial charge in [-0.05, 0) is 23.3 Å². The highest BCUT2D eigenvalue weighted by Crippen LogP contribution is 2.24. The Morgan fingerprint density at radius 3 is 2.38 bits per heavy atom. The maximum atomic E-state index is 12.9. The first-order valence-electron chi connectivity index (χ1n) is 8.42. The van der Waals surface area contributed by atoms with Crippen LogP contribution in [0.25, 0.3) is 11.1 Å². The molecule has 2 aromatic carbocycles. The molecule has 134 valence electrons. The van der Waals surface area contributed by atoms with Crippen LogP contribution >= 0.6 is 0 Å². The molecule has 1 aliphatic rings. The van der Waals surface area contributed by atoms with Crippen LogP contribution in [-0.2, 0) is 9.63 Å². The van der Waals surface area contributed by atoms with Crippen molar-refractivity contribution in [3.05, 3.63) is 60.2 Å². The Morgan fingerprint density at radius 1 is 1.12 bits per heavy atom. The fourth-order valence-electron chi connectivity index (χ4n) is 3.22. The van der Waals surface area contributed by atoms with Gasteiger partial charge in [0.1, 0.15) is 7.11 Å². The molecule has 1 saturated heterocycles. The topological polar surface area (TPSA) is 85.0 Å². The molecule has 3 rings (SSSR count). The molecule has 6 heteroatoms. The van der Waals surface area contributed by atoms with Crippen molar-refractivity contribution in [3.8, 4) is 11.1 Å². The van der Waals surface area contributed by atoms with Crippen molar-refractivity contribution in [1.29, 1.82) is 0 Å². The van der Waals surface area contributed by atoms with Crippen LogP contribution in [0.3, 0.4) is 0 Å². The van der Waals surface area contributed by atoms with Gasteiger partial charge < -0.3 is 15.5 Å². The molecule has 0 spiro atoms. The van der Waals surface area contributed by atoms with Gasteiger partial charge in [-0.15, -0.1) is 0 Å². The third-order valence-corrected chi connectivity index (χ3v) is 4.42. The molecule has 0 bridgehead atoms. The number of benzene rings is 2. The number of nitrogens with zero attached hydrogens (tertiary/aromatic N) is 2. The number of oxime groups is 1. The van der Waals surface area contributed by atoms with Crippen molar-refractivity contribution in [3.63, 3.8) is 0 Å². The zero-order valence-corrected chi connectivity index (χ0v) is 14.6. The summed E-state index contributed by atoms with van der Waals surface area (Å²) in [4.78, 5) is 30.7. The quantitative estimate of drug-likeness (QED) is 0.840. The summed E-state index contributed by atoms with van der Waals surface area (Å²) in [6, 6.07) is 17.1. The monoisotopic (exact) mass is 351 g/mol. The van der Waals surface area contributed by atoms with E-state index in [1.807, 2.05) is 42.5 Å². The van der Waals surface area contributed by atoms with Gasteiger partial charge in [0.25, 0.3) is 5.91 Å². The molecule has 0 radical (unpaired) electrons. The number of primary amides is 1. The first-order valence-corrected chi connectivity index (χ1v) is 8.42. The Morgan fingerprint density at radius 2 is 1.77 bits per heavy atom. The van der Waals surface area contributed by atoms with E-state index >= 15 is 0 Å². The molecular formula is C20H21N3O3. The predicted molar refractivity (Wildman–Crippen MR) is 99.6 cm³/mol. The van der Waals surface area contributed by atoms with Gasteiger partial charge in [0.05, 0.1) is 12.3 Å². The van der Waals surface area contributed by atoms with Crippen LogP contribution in [0, 0.1) is 0 Å². The summed E-state index contributed by atoms with van der Waals surface area (Å²) in [5.41, 5.74) is 8.76. The maximum Gasteiger partial charge on any atom is 0.254 e. The third-order valence-electron chi connectivity index (χ3n) is 4.42. The van der Waals surface area contributed by atoms with Crippen LogP contribution in [0.15, 0.2) is 59.8 Å². The van der Waals surface area contributed by atoms with Gasteiger partial charge in [-0.3, -0.25) is 9.59 Å². The summed E-state index contributed by atoms with van der Waals surface area (Å²) in [6.45, 7) is 0.338. The second kappa shape index (κ2) is 7.82. The van der Waals surface area contributed by atoms with Crippen LogP contribution in [0.5, 0.6) is 0 Å². The predicted octanol–water partition coefficient (Wildman–Crippen LogP) is 2.45. The van der Waals surface area contributed by atoms with E-state index in [-0.39, 0.29) is 18.4 Å². The molecule has 0 saturated carbocycles. The Bertz CT molecular complexity index is 816. The Hall–Kier alpha value is -3.15. The Balaban J connectivity index is 1.80. The molecule has 0 aromatic heterocycles. The van der Waals surface area contributed by atoms with Gasteiger partial charge >= 0.3 is 0 Å². The number of likely N-dealkylation sites (tertiary alicyclic amines) is 1. The number of nitrogens with two attached hydrogens (primary N) is 1. The van der Waals surface area contributed by atoms with Crippen molar-refractivity contribution in [2.24, 2.45) is 10.9 Å². The van der Waals surface area contributed by atoms with Crippen LogP contribution < -0.4 is 5.73 Å². The second-order valence-corrected chi connectivity index (χ2v) is 6.24. The normalized spacial score (nSPS) is 18.1. The lowest BCUT2D eigenvalue weighted by atomic mass is 10.0. The lowest BCUT2D eigenvalue weighted by molar-refractivity contribution is -0.118. The molecule has 1 fully saturated rings. The van der Waals surface area contributed by atoms with Gasteiger partial charge in [0.15, 0.2) is 0 Å². The van der Waals surface area contributed by atoms with E-state index in [2.05, 4.69) is 5.16 Å². The fourth-order valence-corrected chi connectivity index (χ4v) is 3.22. The van der Waals surface area contributed by atoms with Crippen molar-refractivity contribution in [1.82, 2.24) is 4.90 Å². The zero-order chi connectivity index (χ0) is 18.5. The van der Waals surface area contributed by atoms with E-state index < -0.39 is 5.91 Å². The first kappa shape index (κ1) is 17.7. The maximum absolute atomic E-state index is 12.9. The second-order valence-electron chi connectivity index (χ2n) is 6.24. The molecule has 0 unspecified atom stereocenters. The smallest absolute Gasteiger partial charge is 0.254 e.